The molecule has 16 heavy (non-hydrogen) atoms. The quantitative estimate of drug-likeness (QED) is 0.323. The second kappa shape index (κ2) is 5.81. The molecule has 1 atom stereocenters. The number of guanidine groups is 1. The van der Waals surface area contributed by atoms with Gasteiger partial charge in [0.2, 0.25) is 5.96 Å². The number of hydrazine groups is 1. The van der Waals surface area contributed by atoms with Crippen molar-refractivity contribution in [1.29, 1.82) is 0 Å². The summed E-state index contributed by atoms with van der Waals surface area (Å²) in [5.41, 5.74) is 2.56. The molecule has 4 N–H and O–H groups in total. The molecule has 0 spiro atoms. The van der Waals surface area contributed by atoms with Gasteiger partial charge in [-0.15, -0.1) is 11.3 Å². The predicted octanol–water partition coefficient (Wildman–Crippen LogP) is 1.33. The summed E-state index contributed by atoms with van der Waals surface area (Å²) in [5.74, 6) is 5.99. The van der Waals surface area contributed by atoms with Crippen LogP contribution in [0.4, 0.5) is 0 Å². The van der Waals surface area contributed by atoms with Gasteiger partial charge in [-0.05, 0) is 27.7 Å². The fraction of sp³-hybridized carbons (Fsp3) is 0.600. The normalized spacial score (nSPS) is 14.0. The molecule has 0 aliphatic heterocycles. The Morgan fingerprint density at radius 1 is 1.50 bits per heavy atom. The van der Waals surface area contributed by atoms with Crippen molar-refractivity contribution in [3.05, 3.63) is 16.1 Å². The maximum absolute atomic E-state index is 5.39. The standard InChI is InChI=1S/C10H19N5S/c1-6(2)13-10(15-11)14-8(4)9-12-5-7(3)16-9/h5-6,8H,11H2,1-4H3,(H2,13,14,15). The third-order valence-corrected chi connectivity index (χ3v) is 2.96. The Hall–Kier alpha value is -1.14. The average Bonchev–Trinajstić information content (AvgIpc) is 2.63. The molecule has 6 heteroatoms. The Morgan fingerprint density at radius 2 is 2.19 bits per heavy atom. The molecule has 0 aliphatic carbocycles. The summed E-state index contributed by atoms with van der Waals surface area (Å²) >= 11 is 1.65. The smallest absolute Gasteiger partial charge is 0.206 e. The Balaban J connectivity index is 2.72. The summed E-state index contributed by atoms with van der Waals surface area (Å²) in [4.78, 5) is 9.92. The molecule has 1 heterocycles. The average molecular weight is 241 g/mol. The molecule has 0 saturated carbocycles. The van der Waals surface area contributed by atoms with E-state index in [4.69, 9.17) is 5.84 Å². The van der Waals surface area contributed by atoms with E-state index in [1.54, 1.807) is 11.3 Å². The van der Waals surface area contributed by atoms with E-state index in [0.717, 1.165) is 5.01 Å². The van der Waals surface area contributed by atoms with Crippen LogP contribution in [0.5, 0.6) is 0 Å². The van der Waals surface area contributed by atoms with Gasteiger partial charge in [0, 0.05) is 17.1 Å². The molecule has 1 aromatic heterocycles. The van der Waals surface area contributed by atoms with Gasteiger partial charge in [0.05, 0.1) is 0 Å². The molecule has 1 aromatic rings. The number of rotatable bonds is 3. The van der Waals surface area contributed by atoms with Crippen molar-refractivity contribution in [3.63, 3.8) is 0 Å². The summed E-state index contributed by atoms with van der Waals surface area (Å²) < 4.78 is 0. The zero-order valence-corrected chi connectivity index (χ0v) is 10.9. The van der Waals surface area contributed by atoms with Crippen LogP contribution < -0.4 is 16.6 Å². The summed E-state index contributed by atoms with van der Waals surface area (Å²) in [7, 11) is 0. The van der Waals surface area contributed by atoms with Gasteiger partial charge in [0.15, 0.2) is 0 Å². The summed E-state index contributed by atoms with van der Waals surface area (Å²) in [6, 6.07) is 0.302. The highest BCUT2D eigenvalue weighted by atomic mass is 32.1. The van der Waals surface area contributed by atoms with Crippen LogP contribution in [0.25, 0.3) is 0 Å². The Labute approximate surface area is 100 Å². The minimum absolute atomic E-state index is 0.0102. The van der Waals surface area contributed by atoms with E-state index < -0.39 is 0 Å². The summed E-state index contributed by atoms with van der Waals surface area (Å²) in [6.45, 7) is 8.10. The highest BCUT2D eigenvalue weighted by Gasteiger charge is 2.09. The van der Waals surface area contributed by atoms with Crippen molar-refractivity contribution in [2.45, 2.75) is 39.8 Å². The van der Waals surface area contributed by atoms with Gasteiger partial charge >= 0.3 is 0 Å². The molecular weight excluding hydrogens is 222 g/mol. The molecule has 0 aliphatic rings. The van der Waals surface area contributed by atoms with Crippen molar-refractivity contribution in [3.8, 4) is 0 Å². The highest BCUT2D eigenvalue weighted by Crippen LogP contribution is 2.21. The van der Waals surface area contributed by atoms with Crippen LogP contribution in [-0.2, 0) is 0 Å². The molecular formula is C10H19N5S. The number of nitrogens with zero attached hydrogens (tertiary/aromatic N) is 2. The lowest BCUT2D eigenvalue weighted by atomic mass is 10.4. The van der Waals surface area contributed by atoms with Gasteiger partial charge in [-0.25, -0.2) is 15.8 Å². The maximum Gasteiger partial charge on any atom is 0.206 e. The Kier molecular flexibility index (Phi) is 4.70. The van der Waals surface area contributed by atoms with Gasteiger partial charge in [-0.2, -0.15) is 0 Å². The monoisotopic (exact) mass is 241 g/mol. The first-order valence-electron chi connectivity index (χ1n) is 5.26. The number of hydrogen-bond donors (Lipinski definition) is 3. The van der Waals surface area contributed by atoms with Crippen LogP contribution in [0.1, 0.15) is 36.7 Å². The number of aromatic nitrogens is 1. The molecule has 1 unspecified atom stereocenters. The van der Waals surface area contributed by atoms with Crippen molar-refractivity contribution >= 4 is 17.3 Å². The van der Waals surface area contributed by atoms with Crippen LogP contribution in [0.2, 0.25) is 0 Å². The fourth-order valence-corrected chi connectivity index (χ4v) is 1.97. The molecule has 0 fully saturated rings. The number of aryl methyl sites for hydroxylation is 1. The van der Waals surface area contributed by atoms with Crippen LogP contribution in [0.15, 0.2) is 11.2 Å². The van der Waals surface area contributed by atoms with Crippen LogP contribution >= 0.6 is 11.3 Å². The Morgan fingerprint density at radius 3 is 2.62 bits per heavy atom. The van der Waals surface area contributed by atoms with Gasteiger partial charge in [-0.1, -0.05) is 0 Å². The molecule has 0 amide bonds. The third kappa shape index (κ3) is 3.79. The van der Waals surface area contributed by atoms with E-state index in [9.17, 15) is 0 Å². The first kappa shape index (κ1) is 12.9. The van der Waals surface area contributed by atoms with Crippen LogP contribution in [0, 0.1) is 6.92 Å². The molecule has 5 nitrogen and oxygen atoms in total. The van der Waals surface area contributed by atoms with Crippen molar-refractivity contribution in [1.82, 2.24) is 15.7 Å². The van der Waals surface area contributed by atoms with Gasteiger partial charge in [0.25, 0.3) is 0 Å². The van der Waals surface area contributed by atoms with E-state index in [2.05, 4.69) is 20.7 Å². The zero-order chi connectivity index (χ0) is 12.1. The van der Waals surface area contributed by atoms with Crippen molar-refractivity contribution < 1.29 is 0 Å². The number of nitrogens with one attached hydrogen (secondary N) is 2. The second-order valence-electron chi connectivity index (χ2n) is 3.91. The van der Waals surface area contributed by atoms with Gasteiger partial charge < -0.3 is 5.32 Å². The first-order chi connectivity index (χ1) is 7.52. The first-order valence-corrected chi connectivity index (χ1v) is 6.08. The van der Waals surface area contributed by atoms with Gasteiger partial charge in [0.1, 0.15) is 11.0 Å². The second-order valence-corrected chi connectivity index (χ2v) is 5.17. The summed E-state index contributed by atoms with van der Waals surface area (Å²) in [5, 5.41) is 4.12. The van der Waals surface area contributed by atoms with E-state index in [1.807, 2.05) is 33.9 Å². The van der Waals surface area contributed by atoms with Crippen LogP contribution in [-0.4, -0.2) is 17.0 Å². The highest BCUT2D eigenvalue weighted by molar-refractivity contribution is 7.11. The summed E-state index contributed by atoms with van der Waals surface area (Å²) in [6.07, 6.45) is 1.86. The third-order valence-electron chi connectivity index (χ3n) is 1.88. The molecule has 0 radical (unpaired) electrons. The molecule has 1 rings (SSSR count). The lowest BCUT2D eigenvalue weighted by molar-refractivity contribution is 0.687. The minimum Gasteiger partial charge on any atom is -0.353 e. The van der Waals surface area contributed by atoms with E-state index in [1.165, 1.54) is 4.88 Å². The zero-order valence-electron chi connectivity index (χ0n) is 10.1. The van der Waals surface area contributed by atoms with Gasteiger partial charge in [-0.3, -0.25) is 5.43 Å². The molecule has 0 saturated heterocycles. The van der Waals surface area contributed by atoms with Crippen molar-refractivity contribution in [2.24, 2.45) is 10.8 Å². The topological polar surface area (TPSA) is 75.3 Å². The lowest BCUT2D eigenvalue weighted by Gasteiger charge is -2.13. The molecule has 90 valence electrons. The minimum atomic E-state index is 0.0102. The fourth-order valence-electron chi connectivity index (χ4n) is 1.20. The van der Waals surface area contributed by atoms with E-state index in [0.29, 0.717) is 12.0 Å². The van der Waals surface area contributed by atoms with E-state index in [-0.39, 0.29) is 6.04 Å². The molecule has 0 aromatic carbocycles. The van der Waals surface area contributed by atoms with Crippen molar-refractivity contribution in [2.75, 3.05) is 0 Å². The largest absolute Gasteiger partial charge is 0.353 e. The number of thiazole rings is 1. The SMILES string of the molecule is Cc1cnc(C(C)N=C(NN)NC(C)C)s1. The predicted molar refractivity (Wildman–Crippen MR) is 68.3 cm³/mol. The van der Waals surface area contributed by atoms with E-state index >= 15 is 0 Å². The number of aliphatic imine (C=N–C) groups is 1. The molecule has 0 bridgehead atoms. The maximum atomic E-state index is 5.39. The number of nitrogens with two attached hydrogens (primary N) is 1. The van der Waals surface area contributed by atoms with Crippen LogP contribution in [0.3, 0.4) is 0 Å². The number of hydrogen-bond acceptors (Lipinski definition) is 4. The Bertz CT molecular complexity index is 358. The lowest BCUT2D eigenvalue weighted by Crippen LogP contribution is -2.44.